The Hall–Kier alpha value is -1.26. The van der Waals surface area contributed by atoms with Crippen molar-refractivity contribution < 1.29 is 4.79 Å². The van der Waals surface area contributed by atoms with Crippen LogP contribution in [0.25, 0.3) is 0 Å². The summed E-state index contributed by atoms with van der Waals surface area (Å²) in [6.07, 6.45) is 2.22. The summed E-state index contributed by atoms with van der Waals surface area (Å²) in [5, 5.41) is 0.792. The molecule has 0 N–H and O–H groups in total. The molecule has 1 aromatic carbocycles. The van der Waals surface area contributed by atoms with Crippen molar-refractivity contribution in [2.45, 2.75) is 12.8 Å². The summed E-state index contributed by atoms with van der Waals surface area (Å²) >= 11 is 5.89. The van der Waals surface area contributed by atoms with E-state index in [0.29, 0.717) is 0 Å². The number of hydrogen-bond acceptors (Lipinski definition) is 2. The maximum Gasteiger partial charge on any atom is 0.319 e. The van der Waals surface area contributed by atoms with Crippen LogP contribution in [0.15, 0.2) is 24.3 Å². The lowest BCUT2D eigenvalue weighted by atomic mass is 10.1. The molecule has 2 rings (SSSR count). The molecule has 2 amide bonds. The number of carbonyl (C=O) groups is 1. The second-order valence-electron chi connectivity index (χ2n) is 5.74. The molecular weight excluding hydrogens is 286 g/mol. The van der Waals surface area contributed by atoms with Crippen molar-refractivity contribution in [3.05, 3.63) is 34.9 Å². The van der Waals surface area contributed by atoms with Crippen molar-refractivity contribution in [3.63, 3.8) is 0 Å². The van der Waals surface area contributed by atoms with Crippen LogP contribution in [0.2, 0.25) is 5.02 Å². The van der Waals surface area contributed by atoms with E-state index in [1.165, 1.54) is 5.56 Å². The Balaban J connectivity index is 1.67. The summed E-state index contributed by atoms with van der Waals surface area (Å²) in [6, 6.07) is 8.20. The number of piperazine rings is 1. The fourth-order valence-corrected chi connectivity index (χ4v) is 2.73. The number of aryl methyl sites for hydroxylation is 1. The largest absolute Gasteiger partial charge is 0.331 e. The van der Waals surface area contributed by atoms with Crippen LogP contribution in [0, 0.1) is 0 Å². The number of carbonyl (C=O) groups excluding carboxylic acids is 1. The Bertz CT molecular complexity index is 453. The second-order valence-corrected chi connectivity index (χ2v) is 6.17. The van der Waals surface area contributed by atoms with Gasteiger partial charge < -0.3 is 9.80 Å². The lowest BCUT2D eigenvalue weighted by Crippen LogP contribution is -2.51. The molecule has 0 aromatic heterocycles. The molecule has 1 heterocycles. The standard InChI is InChI=1S/C16H24ClN3O/c1-18(2)16(21)20-12-10-19(11-13-20)9-3-4-14-5-7-15(17)8-6-14/h5-8H,3-4,9-13H2,1-2H3. The Morgan fingerprint density at radius 3 is 2.33 bits per heavy atom. The van der Waals surface area contributed by atoms with Crippen LogP contribution in [-0.2, 0) is 6.42 Å². The van der Waals surface area contributed by atoms with Gasteiger partial charge in [0.25, 0.3) is 0 Å². The topological polar surface area (TPSA) is 26.8 Å². The Kier molecular flexibility index (Phi) is 5.88. The van der Waals surface area contributed by atoms with Crippen LogP contribution in [0.1, 0.15) is 12.0 Å². The zero-order valence-corrected chi connectivity index (χ0v) is 13.6. The summed E-state index contributed by atoms with van der Waals surface area (Å²) in [4.78, 5) is 17.9. The highest BCUT2D eigenvalue weighted by Crippen LogP contribution is 2.12. The van der Waals surface area contributed by atoms with E-state index < -0.39 is 0 Å². The molecule has 1 aliphatic heterocycles. The van der Waals surface area contributed by atoms with Gasteiger partial charge in [-0.2, -0.15) is 0 Å². The number of hydrogen-bond donors (Lipinski definition) is 0. The highest BCUT2D eigenvalue weighted by molar-refractivity contribution is 6.30. The number of urea groups is 1. The normalized spacial score (nSPS) is 16.0. The third-order valence-electron chi connectivity index (χ3n) is 3.88. The number of amides is 2. The number of halogens is 1. The lowest BCUT2D eigenvalue weighted by molar-refractivity contribution is 0.122. The molecule has 1 aliphatic rings. The minimum atomic E-state index is 0.121. The molecule has 1 fully saturated rings. The average molecular weight is 310 g/mol. The third-order valence-corrected chi connectivity index (χ3v) is 4.13. The van der Waals surface area contributed by atoms with Crippen LogP contribution >= 0.6 is 11.6 Å². The van der Waals surface area contributed by atoms with Gasteiger partial charge in [-0.05, 0) is 37.1 Å². The van der Waals surface area contributed by atoms with Crippen LogP contribution in [0.3, 0.4) is 0 Å². The summed E-state index contributed by atoms with van der Waals surface area (Å²) < 4.78 is 0. The van der Waals surface area contributed by atoms with Gasteiger partial charge >= 0.3 is 6.03 Å². The first-order chi connectivity index (χ1) is 10.1. The summed E-state index contributed by atoms with van der Waals surface area (Å²) in [5.74, 6) is 0. The molecule has 4 nitrogen and oxygen atoms in total. The zero-order valence-electron chi connectivity index (χ0n) is 12.9. The van der Waals surface area contributed by atoms with Gasteiger partial charge in [-0.15, -0.1) is 0 Å². The van der Waals surface area contributed by atoms with Gasteiger partial charge in [0.2, 0.25) is 0 Å². The van der Waals surface area contributed by atoms with Gasteiger partial charge in [-0.1, -0.05) is 23.7 Å². The lowest BCUT2D eigenvalue weighted by Gasteiger charge is -2.35. The number of nitrogens with zero attached hydrogens (tertiary/aromatic N) is 3. The first-order valence-corrected chi connectivity index (χ1v) is 7.87. The van der Waals surface area contributed by atoms with Crippen LogP contribution in [0.4, 0.5) is 4.79 Å². The Labute approximate surface area is 132 Å². The Morgan fingerprint density at radius 2 is 1.76 bits per heavy atom. The summed E-state index contributed by atoms with van der Waals surface area (Å²) in [7, 11) is 3.61. The van der Waals surface area contributed by atoms with Crippen molar-refractivity contribution in [2.24, 2.45) is 0 Å². The van der Waals surface area contributed by atoms with E-state index in [2.05, 4.69) is 17.0 Å². The van der Waals surface area contributed by atoms with E-state index in [-0.39, 0.29) is 6.03 Å². The first-order valence-electron chi connectivity index (χ1n) is 7.49. The molecule has 0 saturated carbocycles. The molecule has 0 spiro atoms. The van der Waals surface area contributed by atoms with Gasteiger partial charge in [0, 0.05) is 45.3 Å². The fraction of sp³-hybridized carbons (Fsp3) is 0.562. The molecule has 0 atom stereocenters. The van der Waals surface area contributed by atoms with Gasteiger partial charge in [-0.25, -0.2) is 4.79 Å². The third kappa shape index (κ3) is 4.90. The van der Waals surface area contributed by atoms with Crippen LogP contribution in [-0.4, -0.2) is 67.5 Å². The van der Waals surface area contributed by atoms with E-state index >= 15 is 0 Å². The van der Waals surface area contributed by atoms with E-state index in [4.69, 9.17) is 11.6 Å². The minimum Gasteiger partial charge on any atom is -0.331 e. The first kappa shape index (κ1) is 16.1. The monoisotopic (exact) mass is 309 g/mol. The summed E-state index contributed by atoms with van der Waals surface area (Å²) in [6.45, 7) is 4.70. The predicted octanol–water partition coefficient (Wildman–Crippen LogP) is 2.57. The van der Waals surface area contributed by atoms with Gasteiger partial charge in [0.15, 0.2) is 0 Å². The second kappa shape index (κ2) is 7.66. The predicted molar refractivity (Wildman–Crippen MR) is 86.9 cm³/mol. The molecule has 21 heavy (non-hydrogen) atoms. The average Bonchev–Trinajstić information content (AvgIpc) is 2.49. The van der Waals surface area contributed by atoms with E-state index in [1.807, 2.05) is 17.0 Å². The van der Waals surface area contributed by atoms with Crippen LogP contribution < -0.4 is 0 Å². The van der Waals surface area contributed by atoms with Crippen molar-refractivity contribution in [1.29, 1.82) is 0 Å². The fourth-order valence-electron chi connectivity index (χ4n) is 2.60. The highest BCUT2D eigenvalue weighted by Gasteiger charge is 2.21. The van der Waals surface area contributed by atoms with Crippen molar-refractivity contribution in [3.8, 4) is 0 Å². The summed E-state index contributed by atoms with van der Waals surface area (Å²) in [5.41, 5.74) is 1.33. The number of benzene rings is 1. The van der Waals surface area contributed by atoms with Gasteiger partial charge in [0.05, 0.1) is 0 Å². The maximum absolute atomic E-state index is 11.9. The highest BCUT2D eigenvalue weighted by atomic mass is 35.5. The zero-order chi connectivity index (χ0) is 15.2. The molecule has 0 bridgehead atoms. The smallest absolute Gasteiger partial charge is 0.319 e. The van der Waals surface area contributed by atoms with Crippen LogP contribution in [0.5, 0.6) is 0 Å². The molecule has 5 heteroatoms. The molecule has 1 saturated heterocycles. The minimum absolute atomic E-state index is 0.121. The van der Waals surface area contributed by atoms with Crippen molar-refractivity contribution in [2.75, 3.05) is 46.8 Å². The van der Waals surface area contributed by atoms with E-state index in [0.717, 1.165) is 50.6 Å². The maximum atomic E-state index is 11.9. The number of rotatable bonds is 4. The molecule has 1 aromatic rings. The van der Waals surface area contributed by atoms with E-state index in [1.54, 1.807) is 19.0 Å². The SMILES string of the molecule is CN(C)C(=O)N1CCN(CCCc2ccc(Cl)cc2)CC1. The molecular formula is C16H24ClN3O. The molecule has 0 aliphatic carbocycles. The van der Waals surface area contributed by atoms with Gasteiger partial charge in [0.1, 0.15) is 0 Å². The molecule has 0 radical (unpaired) electrons. The van der Waals surface area contributed by atoms with E-state index in [9.17, 15) is 4.79 Å². The Morgan fingerprint density at radius 1 is 1.14 bits per heavy atom. The van der Waals surface area contributed by atoms with Crippen molar-refractivity contribution in [1.82, 2.24) is 14.7 Å². The molecule has 0 unspecified atom stereocenters. The van der Waals surface area contributed by atoms with Gasteiger partial charge in [-0.3, -0.25) is 4.90 Å². The van der Waals surface area contributed by atoms with Crippen molar-refractivity contribution >= 4 is 17.6 Å². The molecule has 116 valence electrons. The quantitative estimate of drug-likeness (QED) is 0.854.